The van der Waals surface area contributed by atoms with E-state index in [4.69, 9.17) is 11.6 Å². The molecule has 16 heavy (non-hydrogen) atoms. The molecule has 2 rings (SSSR count). The van der Waals surface area contributed by atoms with Crippen molar-refractivity contribution in [2.45, 2.75) is 6.54 Å². The molecule has 0 unspecified atom stereocenters. The zero-order valence-corrected chi connectivity index (χ0v) is 11.3. The molecule has 0 fully saturated rings. The molecule has 0 saturated carbocycles. The molecule has 0 amide bonds. The van der Waals surface area contributed by atoms with Crippen LogP contribution >= 0.6 is 38.9 Å². The molecule has 0 aliphatic rings. The fourth-order valence-electron chi connectivity index (χ4n) is 1.24. The van der Waals surface area contributed by atoms with Gasteiger partial charge in [0.2, 0.25) is 0 Å². The maximum atomic E-state index is 13.0. The third-order valence-corrected chi connectivity index (χ3v) is 3.85. The molecular formula is C11H8BrClFNS. The highest BCUT2D eigenvalue weighted by atomic mass is 79.9. The van der Waals surface area contributed by atoms with E-state index in [1.807, 2.05) is 12.1 Å². The minimum atomic E-state index is -0.260. The van der Waals surface area contributed by atoms with Crippen LogP contribution in [0.15, 0.2) is 34.8 Å². The molecule has 84 valence electrons. The lowest BCUT2D eigenvalue weighted by Gasteiger charge is -2.05. The van der Waals surface area contributed by atoms with Gasteiger partial charge in [-0.3, -0.25) is 0 Å². The molecule has 0 aliphatic carbocycles. The Morgan fingerprint density at radius 3 is 2.75 bits per heavy atom. The lowest BCUT2D eigenvalue weighted by Crippen LogP contribution is -1.97. The molecule has 1 aromatic heterocycles. The van der Waals surface area contributed by atoms with E-state index in [1.165, 1.54) is 17.4 Å². The Labute approximate surface area is 110 Å². The van der Waals surface area contributed by atoms with Crippen LogP contribution in [0.1, 0.15) is 4.88 Å². The van der Waals surface area contributed by atoms with Crippen molar-refractivity contribution in [2.24, 2.45) is 0 Å². The van der Waals surface area contributed by atoms with Crippen LogP contribution in [-0.4, -0.2) is 0 Å². The second-order valence-electron chi connectivity index (χ2n) is 3.19. The van der Waals surface area contributed by atoms with Crippen LogP contribution < -0.4 is 5.32 Å². The molecule has 1 nitrogen and oxygen atoms in total. The standard InChI is InChI=1S/C11H8BrClFNS/c12-9-5-7(1-3-10(9)14)15-6-8-2-4-11(13)16-8/h1-5,15H,6H2. The topological polar surface area (TPSA) is 12.0 Å². The first-order valence-electron chi connectivity index (χ1n) is 4.58. The Bertz CT molecular complexity index is 500. The van der Waals surface area contributed by atoms with E-state index in [1.54, 1.807) is 12.1 Å². The van der Waals surface area contributed by atoms with E-state index in [-0.39, 0.29) is 5.82 Å². The second-order valence-corrected chi connectivity index (χ2v) is 5.84. The number of anilines is 1. The predicted octanol–water partition coefficient (Wildman–Crippen LogP) is 4.92. The van der Waals surface area contributed by atoms with Crippen molar-refractivity contribution in [3.63, 3.8) is 0 Å². The van der Waals surface area contributed by atoms with Gasteiger partial charge in [-0.25, -0.2) is 4.39 Å². The Morgan fingerprint density at radius 2 is 2.12 bits per heavy atom. The van der Waals surface area contributed by atoms with Crippen molar-refractivity contribution >= 4 is 44.6 Å². The molecule has 0 spiro atoms. The molecule has 2 aromatic rings. The van der Waals surface area contributed by atoms with Crippen molar-refractivity contribution in [3.8, 4) is 0 Å². The molecule has 1 aromatic carbocycles. The molecule has 0 atom stereocenters. The Hall–Kier alpha value is -0.580. The number of rotatable bonds is 3. The van der Waals surface area contributed by atoms with E-state index in [0.29, 0.717) is 11.0 Å². The van der Waals surface area contributed by atoms with Crippen LogP contribution in [0, 0.1) is 5.82 Å². The van der Waals surface area contributed by atoms with Gasteiger partial charge in [0.05, 0.1) is 8.81 Å². The molecular weight excluding hydrogens is 313 g/mol. The predicted molar refractivity (Wildman–Crippen MR) is 70.8 cm³/mol. The van der Waals surface area contributed by atoms with Gasteiger partial charge < -0.3 is 5.32 Å². The van der Waals surface area contributed by atoms with E-state index < -0.39 is 0 Å². The van der Waals surface area contributed by atoms with Gasteiger partial charge in [-0.05, 0) is 46.3 Å². The number of thiophene rings is 1. The quantitative estimate of drug-likeness (QED) is 0.847. The number of nitrogens with one attached hydrogen (secondary N) is 1. The molecule has 0 bridgehead atoms. The number of benzene rings is 1. The van der Waals surface area contributed by atoms with Gasteiger partial charge in [0.15, 0.2) is 0 Å². The van der Waals surface area contributed by atoms with E-state index >= 15 is 0 Å². The van der Waals surface area contributed by atoms with Gasteiger partial charge in [-0.1, -0.05) is 11.6 Å². The van der Waals surface area contributed by atoms with Crippen LogP contribution in [0.2, 0.25) is 4.34 Å². The van der Waals surface area contributed by atoms with Crippen molar-refractivity contribution in [1.29, 1.82) is 0 Å². The van der Waals surface area contributed by atoms with Crippen molar-refractivity contribution in [2.75, 3.05) is 5.32 Å². The SMILES string of the molecule is Fc1ccc(NCc2ccc(Cl)s2)cc1Br. The Morgan fingerprint density at radius 1 is 1.31 bits per heavy atom. The second kappa shape index (κ2) is 5.17. The van der Waals surface area contributed by atoms with Crippen molar-refractivity contribution < 1.29 is 4.39 Å². The lowest BCUT2D eigenvalue weighted by atomic mass is 10.3. The molecule has 0 aliphatic heterocycles. The summed E-state index contributed by atoms with van der Waals surface area (Å²) >= 11 is 10.5. The highest BCUT2D eigenvalue weighted by Crippen LogP contribution is 2.24. The van der Waals surface area contributed by atoms with Gasteiger partial charge in [0, 0.05) is 17.1 Å². The first-order valence-corrected chi connectivity index (χ1v) is 6.57. The van der Waals surface area contributed by atoms with Crippen LogP contribution in [0.25, 0.3) is 0 Å². The summed E-state index contributed by atoms with van der Waals surface area (Å²) in [5, 5.41) is 3.20. The minimum absolute atomic E-state index is 0.260. The van der Waals surface area contributed by atoms with E-state index in [0.717, 1.165) is 14.9 Å². The third-order valence-electron chi connectivity index (χ3n) is 2.02. The molecule has 1 N–H and O–H groups in total. The zero-order valence-electron chi connectivity index (χ0n) is 8.14. The summed E-state index contributed by atoms with van der Waals surface area (Å²) in [4.78, 5) is 1.14. The highest BCUT2D eigenvalue weighted by molar-refractivity contribution is 9.10. The summed E-state index contributed by atoms with van der Waals surface area (Å²) in [5.41, 5.74) is 0.873. The summed E-state index contributed by atoms with van der Waals surface area (Å²) in [7, 11) is 0. The average Bonchev–Trinajstić information content (AvgIpc) is 2.66. The van der Waals surface area contributed by atoms with Crippen LogP contribution in [-0.2, 0) is 6.54 Å². The number of hydrogen-bond acceptors (Lipinski definition) is 2. The molecule has 0 radical (unpaired) electrons. The summed E-state index contributed by atoms with van der Waals surface area (Å²) in [6, 6.07) is 8.68. The molecule has 0 saturated heterocycles. The zero-order chi connectivity index (χ0) is 11.5. The molecule has 5 heteroatoms. The Balaban J connectivity index is 2.02. The highest BCUT2D eigenvalue weighted by Gasteiger charge is 2.01. The van der Waals surface area contributed by atoms with Gasteiger partial charge >= 0.3 is 0 Å². The average molecular weight is 321 g/mol. The number of halogens is 3. The third kappa shape index (κ3) is 2.97. The van der Waals surface area contributed by atoms with Gasteiger partial charge in [0.25, 0.3) is 0 Å². The maximum Gasteiger partial charge on any atom is 0.137 e. The summed E-state index contributed by atoms with van der Waals surface area (Å²) in [6.07, 6.45) is 0. The monoisotopic (exact) mass is 319 g/mol. The van der Waals surface area contributed by atoms with Crippen LogP contribution in [0.4, 0.5) is 10.1 Å². The summed E-state index contributed by atoms with van der Waals surface area (Å²) in [5.74, 6) is -0.260. The minimum Gasteiger partial charge on any atom is -0.380 e. The summed E-state index contributed by atoms with van der Waals surface area (Å²) in [6.45, 7) is 0.690. The van der Waals surface area contributed by atoms with E-state index in [2.05, 4.69) is 21.2 Å². The van der Waals surface area contributed by atoms with Crippen LogP contribution in [0.3, 0.4) is 0 Å². The van der Waals surface area contributed by atoms with Crippen LogP contribution in [0.5, 0.6) is 0 Å². The summed E-state index contributed by atoms with van der Waals surface area (Å²) < 4.78 is 14.2. The van der Waals surface area contributed by atoms with Gasteiger partial charge in [-0.2, -0.15) is 0 Å². The smallest absolute Gasteiger partial charge is 0.137 e. The first-order chi connectivity index (χ1) is 7.65. The van der Waals surface area contributed by atoms with E-state index in [9.17, 15) is 4.39 Å². The Kier molecular flexibility index (Phi) is 3.84. The lowest BCUT2D eigenvalue weighted by molar-refractivity contribution is 0.621. The van der Waals surface area contributed by atoms with Gasteiger partial charge in [-0.15, -0.1) is 11.3 Å². The largest absolute Gasteiger partial charge is 0.380 e. The normalized spacial score (nSPS) is 10.4. The number of hydrogen-bond donors (Lipinski definition) is 1. The van der Waals surface area contributed by atoms with Crippen molar-refractivity contribution in [1.82, 2.24) is 0 Å². The van der Waals surface area contributed by atoms with Gasteiger partial charge in [0.1, 0.15) is 5.82 Å². The molecule has 1 heterocycles. The van der Waals surface area contributed by atoms with Crippen molar-refractivity contribution in [3.05, 3.63) is 49.8 Å². The fraction of sp³-hybridized carbons (Fsp3) is 0.0909. The fourth-order valence-corrected chi connectivity index (χ4v) is 2.65. The maximum absolute atomic E-state index is 13.0. The first kappa shape index (κ1) is 11.9.